The summed E-state index contributed by atoms with van der Waals surface area (Å²) in [5, 5.41) is 22.3. The summed E-state index contributed by atoms with van der Waals surface area (Å²) in [6.07, 6.45) is 3.16. The molecule has 8 nitrogen and oxygen atoms in total. The normalized spacial score (nSPS) is 10.7. The van der Waals surface area contributed by atoms with Crippen molar-refractivity contribution in [1.82, 2.24) is 19.9 Å². The Hall–Kier alpha value is -3.03. The third-order valence-corrected chi connectivity index (χ3v) is 2.99. The molecule has 4 N–H and O–H groups in total. The average molecular weight is 287 g/mol. The summed E-state index contributed by atoms with van der Waals surface area (Å²) in [6, 6.07) is 2.67. The molecule has 0 radical (unpaired) electrons. The molecule has 0 amide bonds. The van der Waals surface area contributed by atoms with Crippen molar-refractivity contribution in [2.45, 2.75) is 6.54 Å². The van der Waals surface area contributed by atoms with Crippen molar-refractivity contribution < 1.29 is 14.9 Å². The zero-order valence-electron chi connectivity index (χ0n) is 11.2. The smallest absolute Gasteiger partial charge is 0.225 e. The lowest BCUT2D eigenvalue weighted by molar-refractivity contribution is 0.391. The molecule has 8 heteroatoms. The van der Waals surface area contributed by atoms with Crippen LogP contribution in [-0.2, 0) is 6.54 Å². The molecule has 0 aliphatic heterocycles. The molecular formula is C13H13N5O3. The number of nitrogens with one attached hydrogen (secondary N) is 2. The van der Waals surface area contributed by atoms with Gasteiger partial charge in [-0.15, -0.1) is 0 Å². The van der Waals surface area contributed by atoms with Gasteiger partial charge in [-0.05, 0) is 0 Å². The first kappa shape index (κ1) is 13.0. The van der Waals surface area contributed by atoms with E-state index < -0.39 is 0 Å². The van der Waals surface area contributed by atoms with Crippen molar-refractivity contribution in [2.24, 2.45) is 0 Å². The first-order chi connectivity index (χ1) is 10.2. The third-order valence-electron chi connectivity index (χ3n) is 2.99. The summed E-state index contributed by atoms with van der Waals surface area (Å²) >= 11 is 0. The summed E-state index contributed by atoms with van der Waals surface area (Å²) < 4.78 is 5.14. The predicted octanol–water partition coefficient (Wildman–Crippen LogP) is 1.38. The number of hydrogen-bond acceptors (Lipinski definition) is 7. The zero-order valence-corrected chi connectivity index (χ0v) is 11.2. The van der Waals surface area contributed by atoms with Crippen LogP contribution in [0, 0.1) is 0 Å². The maximum absolute atomic E-state index is 9.88. The van der Waals surface area contributed by atoms with Crippen LogP contribution in [0.4, 0.5) is 5.95 Å². The molecule has 0 bridgehead atoms. The number of hydrogen-bond donors (Lipinski definition) is 4. The standard InChI is InChI=1S/C13H13N5O3/c1-21-11-3-7(19)2-10(20)8(11)4-14-13-15-5-9-12(18-13)17-6-16-9/h2-3,5-6,19-20H,4H2,1H3,(H2,14,15,16,17,18). The number of aromatic nitrogens is 4. The van der Waals surface area contributed by atoms with Gasteiger partial charge in [0.15, 0.2) is 5.65 Å². The summed E-state index contributed by atoms with van der Waals surface area (Å²) in [5.41, 5.74) is 1.79. The number of aromatic amines is 1. The monoisotopic (exact) mass is 287 g/mol. The zero-order chi connectivity index (χ0) is 14.8. The van der Waals surface area contributed by atoms with E-state index in [0.29, 0.717) is 22.9 Å². The Balaban J connectivity index is 1.84. The second-order valence-corrected chi connectivity index (χ2v) is 4.33. The molecule has 0 spiro atoms. The van der Waals surface area contributed by atoms with E-state index in [0.717, 1.165) is 5.52 Å². The van der Waals surface area contributed by atoms with Crippen molar-refractivity contribution in [3.05, 3.63) is 30.2 Å². The van der Waals surface area contributed by atoms with E-state index in [4.69, 9.17) is 4.74 Å². The van der Waals surface area contributed by atoms with Crippen molar-refractivity contribution in [3.63, 3.8) is 0 Å². The van der Waals surface area contributed by atoms with E-state index in [1.165, 1.54) is 25.6 Å². The maximum Gasteiger partial charge on any atom is 0.225 e. The van der Waals surface area contributed by atoms with Crippen molar-refractivity contribution in [2.75, 3.05) is 12.4 Å². The number of phenols is 2. The number of imidazole rings is 1. The Morgan fingerprint density at radius 3 is 2.95 bits per heavy atom. The summed E-state index contributed by atoms with van der Waals surface area (Å²) in [4.78, 5) is 15.3. The molecule has 0 saturated heterocycles. The van der Waals surface area contributed by atoms with Gasteiger partial charge in [0.2, 0.25) is 5.95 Å². The lowest BCUT2D eigenvalue weighted by Gasteiger charge is -2.12. The molecule has 1 aromatic carbocycles. The first-order valence-electron chi connectivity index (χ1n) is 6.16. The van der Waals surface area contributed by atoms with Crippen LogP contribution in [0.2, 0.25) is 0 Å². The Morgan fingerprint density at radius 2 is 2.14 bits per heavy atom. The van der Waals surface area contributed by atoms with Gasteiger partial charge in [0.05, 0.1) is 31.7 Å². The fourth-order valence-electron chi connectivity index (χ4n) is 1.96. The van der Waals surface area contributed by atoms with Crippen molar-refractivity contribution in [1.29, 1.82) is 0 Å². The van der Waals surface area contributed by atoms with Crippen molar-refractivity contribution >= 4 is 17.1 Å². The first-order valence-corrected chi connectivity index (χ1v) is 6.16. The summed E-state index contributed by atoms with van der Waals surface area (Å²) in [6.45, 7) is 0.241. The highest BCUT2D eigenvalue weighted by Crippen LogP contribution is 2.32. The number of rotatable bonds is 4. The van der Waals surface area contributed by atoms with Gasteiger partial charge in [-0.25, -0.2) is 9.97 Å². The number of anilines is 1. The predicted molar refractivity (Wildman–Crippen MR) is 75.3 cm³/mol. The minimum absolute atomic E-state index is 0.0673. The molecule has 3 rings (SSSR count). The lowest BCUT2D eigenvalue weighted by atomic mass is 10.1. The van der Waals surface area contributed by atoms with Crippen molar-refractivity contribution in [3.8, 4) is 17.2 Å². The third kappa shape index (κ3) is 2.50. The lowest BCUT2D eigenvalue weighted by Crippen LogP contribution is -2.05. The van der Waals surface area contributed by atoms with Crippen LogP contribution in [0.15, 0.2) is 24.7 Å². The molecule has 0 atom stereocenters. The molecule has 3 aromatic rings. The van der Waals surface area contributed by atoms with Gasteiger partial charge in [-0.3, -0.25) is 0 Å². The highest BCUT2D eigenvalue weighted by molar-refractivity contribution is 5.69. The van der Waals surface area contributed by atoms with E-state index >= 15 is 0 Å². The van der Waals surface area contributed by atoms with Crippen LogP contribution < -0.4 is 10.1 Å². The number of fused-ring (bicyclic) bond motifs is 1. The number of aromatic hydroxyl groups is 2. The number of benzene rings is 1. The summed E-state index contributed by atoms with van der Waals surface area (Å²) in [7, 11) is 1.46. The Kier molecular flexibility index (Phi) is 3.19. The van der Waals surface area contributed by atoms with Gasteiger partial charge < -0.3 is 25.3 Å². The number of methoxy groups -OCH3 is 1. The molecule has 2 heterocycles. The quantitative estimate of drug-likeness (QED) is 0.573. The molecule has 0 aliphatic carbocycles. The summed E-state index contributed by atoms with van der Waals surface area (Å²) in [5.74, 6) is 0.618. The van der Waals surface area contributed by atoms with Crippen LogP contribution >= 0.6 is 0 Å². The Labute approximate surface area is 119 Å². The van der Waals surface area contributed by atoms with E-state index in [2.05, 4.69) is 25.3 Å². The fraction of sp³-hybridized carbons (Fsp3) is 0.154. The molecular weight excluding hydrogens is 274 g/mol. The highest BCUT2D eigenvalue weighted by Gasteiger charge is 2.11. The molecule has 0 aliphatic rings. The van der Waals surface area contributed by atoms with Crippen LogP contribution in [-0.4, -0.2) is 37.3 Å². The van der Waals surface area contributed by atoms with E-state index in [-0.39, 0.29) is 18.0 Å². The number of phenolic OH excluding ortho intramolecular Hbond substituents is 2. The highest BCUT2D eigenvalue weighted by atomic mass is 16.5. The SMILES string of the molecule is COc1cc(O)cc(O)c1CNc1ncc2[nH]cnc2n1. The molecule has 0 saturated carbocycles. The topological polar surface area (TPSA) is 116 Å². The van der Waals surface area contributed by atoms with Gasteiger partial charge in [-0.2, -0.15) is 4.98 Å². The molecule has 108 valence electrons. The number of ether oxygens (including phenoxy) is 1. The van der Waals surface area contributed by atoms with E-state index in [1.54, 1.807) is 6.20 Å². The van der Waals surface area contributed by atoms with Gasteiger partial charge in [0.1, 0.15) is 22.8 Å². The number of nitrogens with zero attached hydrogens (tertiary/aromatic N) is 3. The largest absolute Gasteiger partial charge is 0.508 e. The molecule has 0 fully saturated rings. The van der Waals surface area contributed by atoms with Crippen LogP contribution in [0.25, 0.3) is 11.2 Å². The fourth-order valence-corrected chi connectivity index (χ4v) is 1.96. The van der Waals surface area contributed by atoms with Gasteiger partial charge in [0, 0.05) is 12.1 Å². The minimum atomic E-state index is -0.0693. The van der Waals surface area contributed by atoms with Gasteiger partial charge in [-0.1, -0.05) is 0 Å². The second kappa shape index (κ2) is 5.16. The van der Waals surface area contributed by atoms with Crippen LogP contribution in [0.1, 0.15) is 5.56 Å². The van der Waals surface area contributed by atoms with Crippen LogP contribution in [0.3, 0.4) is 0 Å². The Morgan fingerprint density at radius 1 is 1.29 bits per heavy atom. The molecule has 2 aromatic heterocycles. The van der Waals surface area contributed by atoms with Gasteiger partial charge >= 0.3 is 0 Å². The maximum atomic E-state index is 9.88. The van der Waals surface area contributed by atoms with E-state index in [1.807, 2.05) is 0 Å². The van der Waals surface area contributed by atoms with Gasteiger partial charge in [0.25, 0.3) is 0 Å². The molecule has 21 heavy (non-hydrogen) atoms. The average Bonchev–Trinajstić information content (AvgIpc) is 2.93. The Bertz CT molecular complexity index is 787. The van der Waals surface area contributed by atoms with E-state index in [9.17, 15) is 10.2 Å². The second-order valence-electron chi connectivity index (χ2n) is 4.33. The van der Waals surface area contributed by atoms with Crippen LogP contribution in [0.5, 0.6) is 17.2 Å². The molecule has 0 unspecified atom stereocenters. The minimum Gasteiger partial charge on any atom is -0.508 e. The number of H-pyrrole nitrogens is 1.